The minimum absolute atomic E-state index is 0.0308. The molecule has 1 unspecified atom stereocenters. The van der Waals surface area contributed by atoms with Crippen molar-refractivity contribution in [2.45, 2.75) is 44.0 Å². The van der Waals surface area contributed by atoms with Crippen LogP contribution in [-0.2, 0) is 32.4 Å². The van der Waals surface area contributed by atoms with E-state index < -0.39 is 21.5 Å². The SMILES string of the molecule is COCCN1C(=O)C2CN(S(=O)(=O)c3ccc4c(c3)CCC4)CC(C)(C)CN2C1=O. The molecule has 0 N–H and O–H groups in total. The first-order valence-corrected chi connectivity index (χ1v) is 11.8. The first kappa shape index (κ1) is 21.3. The summed E-state index contributed by atoms with van der Waals surface area (Å²) < 4.78 is 33.5. The molecule has 1 aromatic rings. The number of rotatable bonds is 5. The summed E-state index contributed by atoms with van der Waals surface area (Å²) in [5.74, 6) is -0.357. The molecule has 3 aliphatic rings. The molecule has 0 saturated carbocycles. The van der Waals surface area contributed by atoms with Gasteiger partial charge in [0.2, 0.25) is 10.0 Å². The van der Waals surface area contributed by atoms with Gasteiger partial charge in [0, 0.05) is 26.7 Å². The van der Waals surface area contributed by atoms with Crippen LogP contribution in [0.4, 0.5) is 4.79 Å². The third-order valence-corrected chi connectivity index (χ3v) is 8.02. The molecule has 2 fully saturated rings. The fourth-order valence-corrected chi connectivity index (χ4v) is 6.41. The van der Waals surface area contributed by atoms with Gasteiger partial charge in [-0.05, 0) is 47.9 Å². The maximum absolute atomic E-state index is 13.5. The molecule has 0 radical (unpaired) electrons. The standard InChI is InChI=1S/C21H29N3O5S/c1-21(2)13-22(30(27,28)17-8-7-15-5-4-6-16(15)11-17)12-18-19(25)23(9-10-29-3)20(26)24(18)14-21/h7-8,11,18H,4-6,9-10,12-14H2,1-3H3. The molecular formula is C21H29N3O5S. The lowest BCUT2D eigenvalue weighted by atomic mass is 9.93. The van der Waals surface area contributed by atoms with E-state index in [2.05, 4.69) is 0 Å². The Hall–Kier alpha value is -1.97. The molecule has 0 bridgehead atoms. The third-order valence-electron chi connectivity index (χ3n) is 6.21. The van der Waals surface area contributed by atoms with E-state index in [1.54, 1.807) is 12.1 Å². The number of hydrogen-bond donors (Lipinski definition) is 0. The highest BCUT2D eigenvalue weighted by molar-refractivity contribution is 7.89. The molecule has 2 saturated heterocycles. The van der Waals surface area contributed by atoms with Gasteiger partial charge >= 0.3 is 6.03 Å². The van der Waals surface area contributed by atoms with Crippen molar-refractivity contribution in [3.05, 3.63) is 29.3 Å². The molecule has 2 aliphatic heterocycles. The van der Waals surface area contributed by atoms with E-state index in [-0.39, 0.29) is 43.1 Å². The number of imide groups is 1. The lowest BCUT2D eigenvalue weighted by Crippen LogP contribution is -2.44. The van der Waals surface area contributed by atoms with Crippen molar-refractivity contribution in [2.24, 2.45) is 5.41 Å². The zero-order valence-electron chi connectivity index (χ0n) is 17.8. The van der Waals surface area contributed by atoms with Crippen molar-refractivity contribution in [2.75, 3.05) is 39.9 Å². The van der Waals surface area contributed by atoms with Gasteiger partial charge in [0.1, 0.15) is 6.04 Å². The van der Waals surface area contributed by atoms with Crippen LogP contribution in [-0.4, -0.2) is 80.4 Å². The van der Waals surface area contributed by atoms with Crippen LogP contribution in [0.15, 0.2) is 23.1 Å². The van der Waals surface area contributed by atoms with Crippen LogP contribution in [0.2, 0.25) is 0 Å². The Labute approximate surface area is 177 Å². The van der Waals surface area contributed by atoms with Gasteiger partial charge in [-0.15, -0.1) is 0 Å². The zero-order valence-corrected chi connectivity index (χ0v) is 18.6. The van der Waals surface area contributed by atoms with Gasteiger partial charge in [-0.1, -0.05) is 19.9 Å². The minimum Gasteiger partial charge on any atom is -0.383 e. The summed E-state index contributed by atoms with van der Waals surface area (Å²) in [5.41, 5.74) is 1.80. The third kappa shape index (κ3) is 3.63. The number of benzene rings is 1. The van der Waals surface area contributed by atoms with Gasteiger partial charge in [0.25, 0.3) is 5.91 Å². The number of sulfonamides is 1. The van der Waals surface area contributed by atoms with Crippen LogP contribution in [0.1, 0.15) is 31.4 Å². The molecule has 4 rings (SSSR count). The van der Waals surface area contributed by atoms with E-state index in [1.165, 1.54) is 26.8 Å². The highest BCUT2D eigenvalue weighted by Crippen LogP contribution is 2.33. The Morgan fingerprint density at radius 3 is 2.60 bits per heavy atom. The summed E-state index contributed by atoms with van der Waals surface area (Å²) in [5, 5.41) is 0. The summed E-state index contributed by atoms with van der Waals surface area (Å²) in [4.78, 5) is 28.8. The van der Waals surface area contributed by atoms with Gasteiger partial charge in [0.05, 0.1) is 18.0 Å². The van der Waals surface area contributed by atoms with Crippen molar-refractivity contribution < 1.29 is 22.7 Å². The quantitative estimate of drug-likeness (QED) is 0.654. The molecule has 0 spiro atoms. The molecule has 8 nitrogen and oxygen atoms in total. The topological polar surface area (TPSA) is 87.2 Å². The molecule has 30 heavy (non-hydrogen) atoms. The first-order valence-electron chi connectivity index (χ1n) is 10.4. The molecule has 164 valence electrons. The van der Waals surface area contributed by atoms with Gasteiger partial charge in [-0.3, -0.25) is 9.69 Å². The Morgan fingerprint density at radius 2 is 1.87 bits per heavy atom. The monoisotopic (exact) mass is 435 g/mol. The van der Waals surface area contributed by atoms with Crippen molar-refractivity contribution >= 4 is 22.0 Å². The number of methoxy groups -OCH3 is 1. The number of nitrogens with zero attached hydrogens (tertiary/aromatic N) is 3. The van der Waals surface area contributed by atoms with Crippen molar-refractivity contribution in [1.82, 2.24) is 14.1 Å². The largest absolute Gasteiger partial charge is 0.383 e. The van der Waals surface area contributed by atoms with Crippen LogP contribution in [0.25, 0.3) is 0 Å². The minimum atomic E-state index is -3.79. The van der Waals surface area contributed by atoms with E-state index in [9.17, 15) is 18.0 Å². The number of carbonyl (C=O) groups excluding carboxylic acids is 2. The van der Waals surface area contributed by atoms with Crippen LogP contribution >= 0.6 is 0 Å². The molecule has 1 atom stereocenters. The summed E-state index contributed by atoms with van der Waals surface area (Å²) in [7, 11) is -2.28. The van der Waals surface area contributed by atoms with Gasteiger partial charge in [-0.25, -0.2) is 13.2 Å². The normalized spacial score (nSPS) is 24.2. The summed E-state index contributed by atoms with van der Waals surface area (Å²) >= 11 is 0. The maximum atomic E-state index is 13.5. The Balaban J connectivity index is 1.66. The number of carbonyl (C=O) groups is 2. The molecule has 1 aliphatic carbocycles. The Morgan fingerprint density at radius 1 is 1.13 bits per heavy atom. The van der Waals surface area contributed by atoms with Gasteiger partial charge < -0.3 is 9.64 Å². The molecule has 2 heterocycles. The second-order valence-corrected chi connectivity index (χ2v) is 11.1. The first-order chi connectivity index (χ1) is 14.1. The number of hydrogen-bond acceptors (Lipinski definition) is 5. The smallest absolute Gasteiger partial charge is 0.327 e. The van der Waals surface area contributed by atoms with Crippen LogP contribution in [0.3, 0.4) is 0 Å². The van der Waals surface area contributed by atoms with Gasteiger partial charge in [-0.2, -0.15) is 4.31 Å². The lowest BCUT2D eigenvalue weighted by Gasteiger charge is -2.30. The fraction of sp³-hybridized carbons (Fsp3) is 0.619. The lowest BCUT2D eigenvalue weighted by molar-refractivity contribution is -0.128. The second-order valence-electron chi connectivity index (χ2n) is 9.15. The van der Waals surface area contributed by atoms with E-state index in [4.69, 9.17) is 4.74 Å². The fourth-order valence-electron chi connectivity index (χ4n) is 4.73. The number of urea groups is 1. The van der Waals surface area contributed by atoms with Crippen LogP contribution < -0.4 is 0 Å². The average molecular weight is 436 g/mol. The highest BCUT2D eigenvalue weighted by Gasteiger charge is 2.51. The zero-order chi connectivity index (χ0) is 21.7. The van der Waals surface area contributed by atoms with Crippen molar-refractivity contribution in [3.8, 4) is 0 Å². The predicted molar refractivity (Wildman–Crippen MR) is 110 cm³/mol. The Bertz CT molecular complexity index is 975. The second kappa shape index (κ2) is 7.62. The molecule has 1 aromatic carbocycles. The van der Waals surface area contributed by atoms with Gasteiger partial charge in [0.15, 0.2) is 0 Å². The highest BCUT2D eigenvalue weighted by atomic mass is 32.2. The number of aryl methyl sites for hydroxylation is 2. The van der Waals surface area contributed by atoms with Crippen molar-refractivity contribution in [1.29, 1.82) is 0 Å². The molecule has 0 aromatic heterocycles. The summed E-state index contributed by atoms with van der Waals surface area (Å²) in [6, 6.07) is 4.18. The number of ether oxygens (including phenoxy) is 1. The van der Waals surface area contributed by atoms with Crippen LogP contribution in [0, 0.1) is 5.41 Å². The molecule has 9 heteroatoms. The maximum Gasteiger partial charge on any atom is 0.327 e. The van der Waals surface area contributed by atoms with E-state index in [0.717, 1.165) is 24.8 Å². The average Bonchev–Trinajstić information content (AvgIpc) is 3.19. The molecular weight excluding hydrogens is 406 g/mol. The van der Waals surface area contributed by atoms with Crippen LogP contribution in [0.5, 0.6) is 0 Å². The van der Waals surface area contributed by atoms with E-state index in [1.807, 2.05) is 19.9 Å². The summed E-state index contributed by atoms with van der Waals surface area (Å²) in [6.45, 7) is 4.81. The number of fused-ring (bicyclic) bond motifs is 2. The van der Waals surface area contributed by atoms with Crippen molar-refractivity contribution in [3.63, 3.8) is 0 Å². The Kier molecular flexibility index (Phi) is 5.40. The van der Waals surface area contributed by atoms with E-state index in [0.29, 0.717) is 6.54 Å². The number of amides is 3. The molecule has 3 amide bonds. The predicted octanol–water partition coefficient (Wildman–Crippen LogP) is 1.49. The van der Waals surface area contributed by atoms with E-state index >= 15 is 0 Å². The summed E-state index contributed by atoms with van der Waals surface area (Å²) in [6.07, 6.45) is 2.92.